The largest absolute Gasteiger partial charge is 0.484 e. The van der Waals surface area contributed by atoms with Crippen LogP contribution in [0, 0.1) is 6.92 Å². The van der Waals surface area contributed by atoms with E-state index in [2.05, 4.69) is 15.6 Å². The van der Waals surface area contributed by atoms with E-state index in [9.17, 15) is 21.6 Å². The molecule has 166 valence electrons. The number of hydrogen-bond donors (Lipinski definition) is 2. The van der Waals surface area contributed by atoms with Gasteiger partial charge in [-0.1, -0.05) is 12.1 Å². The first kappa shape index (κ1) is 25.8. The van der Waals surface area contributed by atoms with Gasteiger partial charge in [-0.2, -0.15) is 13.2 Å². The molecule has 1 aliphatic heterocycles. The van der Waals surface area contributed by atoms with Crippen molar-refractivity contribution in [2.75, 3.05) is 39.0 Å². The number of sulfonamides is 1. The fourth-order valence-corrected chi connectivity index (χ4v) is 4.27. The molecule has 1 aromatic carbocycles. The molecule has 0 spiro atoms. The molecule has 0 bridgehead atoms. The third kappa shape index (κ3) is 8.54. The van der Waals surface area contributed by atoms with Gasteiger partial charge in [-0.05, 0) is 25.0 Å². The molecule has 2 rings (SSSR count). The van der Waals surface area contributed by atoms with Crippen LogP contribution in [0.5, 0.6) is 5.75 Å². The summed E-state index contributed by atoms with van der Waals surface area (Å²) in [5.74, 6) is 0.746. The molecule has 12 heteroatoms. The number of rotatable bonds is 7. The van der Waals surface area contributed by atoms with Crippen molar-refractivity contribution in [1.29, 1.82) is 0 Å². The average Bonchev–Trinajstić information content (AvgIpc) is 2.95. The number of alkyl halides is 3. The number of aliphatic imine (C=N–C) groups is 1. The highest BCUT2D eigenvalue weighted by atomic mass is 127. The molecule has 1 fully saturated rings. The van der Waals surface area contributed by atoms with Gasteiger partial charge >= 0.3 is 6.18 Å². The molecular weight excluding hydrogens is 524 g/mol. The molecule has 1 saturated heterocycles. The van der Waals surface area contributed by atoms with Crippen LogP contribution in [0.1, 0.15) is 17.5 Å². The Morgan fingerprint density at radius 1 is 1.31 bits per heavy atom. The molecule has 0 radical (unpaired) electrons. The molecule has 1 aliphatic rings. The minimum absolute atomic E-state index is 0. The number of hydrogen-bond acceptors (Lipinski definition) is 4. The highest BCUT2D eigenvalue weighted by Gasteiger charge is 2.29. The first-order chi connectivity index (χ1) is 13.1. The Balaban J connectivity index is 0.00000420. The zero-order valence-corrected chi connectivity index (χ0v) is 19.4. The van der Waals surface area contributed by atoms with E-state index in [-0.39, 0.29) is 42.0 Å². The molecule has 0 atom stereocenters. The van der Waals surface area contributed by atoms with E-state index in [1.165, 1.54) is 4.31 Å². The number of nitrogens with zero attached hydrogens (tertiary/aromatic N) is 2. The van der Waals surface area contributed by atoms with Crippen LogP contribution < -0.4 is 15.4 Å². The van der Waals surface area contributed by atoms with Crippen molar-refractivity contribution < 1.29 is 26.3 Å². The maximum atomic E-state index is 12.4. The Morgan fingerprint density at radius 2 is 2.03 bits per heavy atom. The van der Waals surface area contributed by atoms with E-state index in [1.807, 2.05) is 0 Å². The van der Waals surface area contributed by atoms with Crippen LogP contribution in [0.25, 0.3) is 0 Å². The van der Waals surface area contributed by atoms with Crippen LogP contribution in [-0.4, -0.2) is 63.9 Å². The Hall–Kier alpha value is -1.28. The van der Waals surface area contributed by atoms with Crippen LogP contribution >= 0.6 is 24.0 Å². The average molecular weight is 550 g/mol. The zero-order valence-electron chi connectivity index (χ0n) is 16.3. The summed E-state index contributed by atoms with van der Waals surface area (Å²) < 4.78 is 67.2. The first-order valence-corrected chi connectivity index (χ1v) is 10.4. The maximum absolute atomic E-state index is 12.4. The topological polar surface area (TPSA) is 83.0 Å². The number of guanidine groups is 1. The maximum Gasteiger partial charge on any atom is 0.422 e. The van der Waals surface area contributed by atoms with Crippen molar-refractivity contribution >= 4 is 40.0 Å². The molecule has 2 N–H and O–H groups in total. The second-order valence-corrected chi connectivity index (χ2v) is 8.52. The number of aryl methyl sites for hydroxylation is 1. The Labute approximate surface area is 186 Å². The fourth-order valence-electron chi connectivity index (χ4n) is 2.74. The van der Waals surface area contributed by atoms with Gasteiger partial charge < -0.3 is 15.4 Å². The van der Waals surface area contributed by atoms with Crippen molar-refractivity contribution in [3.05, 3.63) is 29.3 Å². The highest BCUT2D eigenvalue weighted by Crippen LogP contribution is 2.23. The SMILES string of the molecule is CN=C(NCCN1CCCS1(=O)=O)NCc1ccc(C)cc1OCC(F)(F)F.I. The van der Waals surface area contributed by atoms with Gasteiger partial charge in [0.2, 0.25) is 10.0 Å². The van der Waals surface area contributed by atoms with Gasteiger partial charge in [-0.3, -0.25) is 4.99 Å². The van der Waals surface area contributed by atoms with E-state index in [1.54, 1.807) is 32.2 Å². The van der Waals surface area contributed by atoms with Gasteiger partial charge in [-0.25, -0.2) is 12.7 Å². The third-order valence-corrected chi connectivity index (χ3v) is 6.10. The summed E-state index contributed by atoms with van der Waals surface area (Å²) in [4.78, 5) is 4.04. The lowest BCUT2D eigenvalue weighted by molar-refractivity contribution is -0.153. The van der Waals surface area contributed by atoms with Crippen molar-refractivity contribution in [2.45, 2.75) is 26.1 Å². The van der Waals surface area contributed by atoms with Crippen LogP contribution in [0.15, 0.2) is 23.2 Å². The predicted molar refractivity (Wildman–Crippen MR) is 116 cm³/mol. The monoisotopic (exact) mass is 550 g/mol. The van der Waals surface area contributed by atoms with Gasteiger partial charge in [0.15, 0.2) is 12.6 Å². The summed E-state index contributed by atoms with van der Waals surface area (Å²) in [6.45, 7) is 1.82. The highest BCUT2D eigenvalue weighted by molar-refractivity contribution is 14.0. The lowest BCUT2D eigenvalue weighted by Gasteiger charge is -2.18. The van der Waals surface area contributed by atoms with Crippen molar-refractivity contribution in [3.8, 4) is 5.75 Å². The summed E-state index contributed by atoms with van der Waals surface area (Å²) in [5, 5.41) is 6.00. The molecule has 0 saturated carbocycles. The lowest BCUT2D eigenvalue weighted by Crippen LogP contribution is -2.41. The van der Waals surface area contributed by atoms with Crippen molar-refractivity contribution in [2.24, 2.45) is 4.99 Å². The van der Waals surface area contributed by atoms with Crippen molar-refractivity contribution in [3.63, 3.8) is 0 Å². The van der Waals surface area contributed by atoms with E-state index in [0.717, 1.165) is 5.56 Å². The lowest BCUT2D eigenvalue weighted by atomic mass is 10.1. The minimum atomic E-state index is -4.41. The number of benzene rings is 1. The predicted octanol–water partition coefficient (Wildman–Crippen LogP) is 2.25. The molecule has 0 unspecified atom stereocenters. The fraction of sp³-hybridized carbons (Fsp3) is 0.588. The second-order valence-electron chi connectivity index (χ2n) is 6.44. The number of nitrogens with one attached hydrogen (secondary N) is 2. The smallest absolute Gasteiger partial charge is 0.422 e. The first-order valence-electron chi connectivity index (χ1n) is 8.82. The molecule has 0 amide bonds. The summed E-state index contributed by atoms with van der Waals surface area (Å²) in [6.07, 6.45) is -3.79. The van der Waals surface area contributed by atoms with Gasteiger partial charge in [0.05, 0.1) is 5.75 Å². The van der Waals surface area contributed by atoms with E-state index in [4.69, 9.17) is 4.74 Å². The molecule has 29 heavy (non-hydrogen) atoms. The second kappa shape index (κ2) is 11.2. The van der Waals surface area contributed by atoms with E-state index in [0.29, 0.717) is 37.6 Å². The van der Waals surface area contributed by atoms with Gasteiger partial charge in [0.25, 0.3) is 0 Å². The van der Waals surface area contributed by atoms with Gasteiger partial charge in [0, 0.05) is 38.8 Å². The summed E-state index contributed by atoms with van der Waals surface area (Å²) in [6, 6.07) is 5.03. The Kier molecular flexibility index (Phi) is 9.95. The van der Waals surface area contributed by atoms with Crippen molar-refractivity contribution in [1.82, 2.24) is 14.9 Å². The summed E-state index contributed by atoms with van der Waals surface area (Å²) in [7, 11) is -1.60. The van der Waals surface area contributed by atoms with E-state index >= 15 is 0 Å². The Morgan fingerprint density at radius 3 is 2.62 bits per heavy atom. The zero-order chi connectivity index (χ0) is 20.8. The molecule has 1 heterocycles. The number of ether oxygens (including phenoxy) is 1. The van der Waals surface area contributed by atoms with Gasteiger partial charge in [-0.15, -0.1) is 24.0 Å². The minimum Gasteiger partial charge on any atom is -0.484 e. The van der Waals surface area contributed by atoms with Crippen LogP contribution in [-0.2, 0) is 16.6 Å². The summed E-state index contributed by atoms with van der Waals surface area (Å²) >= 11 is 0. The Bertz CT molecular complexity index is 804. The molecule has 7 nitrogen and oxygen atoms in total. The van der Waals surface area contributed by atoms with Crippen LogP contribution in [0.2, 0.25) is 0 Å². The molecule has 0 aliphatic carbocycles. The standard InChI is InChI=1S/C17H25F3N4O3S.HI/c1-13-4-5-14(15(10-13)27-12-17(18,19)20)11-23-16(21-2)22-6-8-24-7-3-9-28(24,25)26;/h4-5,10H,3,6-9,11-12H2,1-2H3,(H2,21,22,23);1H. The van der Waals surface area contributed by atoms with Crippen LogP contribution in [0.3, 0.4) is 0 Å². The molecule has 1 aromatic rings. The normalized spacial score (nSPS) is 16.9. The van der Waals surface area contributed by atoms with Gasteiger partial charge in [0.1, 0.15) is 5.75 Å². The molecule has 0 aromatic heterocycles. The number of halogens is 4. The summed E-state index contributed by atoms with van der Waals surface area (Å²) in [5.41, 5.74) is 1.34. The van der Waals surface area contributed by atoms with Crippen LogP contribution in [0.4, 0.5) is 13.2 Å². The van der Waals surface area contributed by atoms with E-state index < -0.39 is 22.8 Å². The quantitative estimate of drug-likeness (QED) is 0.309. The molecular formula is C17H26F3IN4O3S. The third-order valence-electron chi connectivity index (χ3n) is 4.14.